The highest BCUT2D eigenvalue weighted by atomic mass is 32.1. The molecule has 92 valence electrons. The van der Waals surface area contributed by atoms with Crippen LogP contribution in [-0.2, 0) is 6.42 Å². The maximum atomic E-state index is 5.79. The molecule has 0 amide bonds. The van der Waals surface area contributed by atoms with Crippen molar-refractivity contribution in [3.05, 3.63) is 40.1 Å². The average Bonchev–Trinajstić information content (AvgIpc) is 3.00. The Balaban J connectivity index is 2.49. The van der Waals surface area contributed by atoms with Gasteiger partial charge in [-0.2, -0.15) is 0 Å². The minimum absolute atomic E-state index is 0.700. The van der Waals surface area contributed by atoms with E-state index in [1.807, 2.05) is 22.7 Å². The van der Waals surface area contributed by atoms with Crippen LogP contribution in [0.2, 0.25) is 0 Å². The van der Waals surface area contributed by atoms with Crippen LogP contribution in [0.5, 0.6) is 0 Å². The molecule has 0 saturated heterocycles. The Bertz CT molecular complexity index is 719. The van der Waals surface area contributed by atoms with Crippen molar-refractivity contribution in [3.63, 3.8) is 0 Å². The first-order chi connectivity index (χ1) is 8.86. The molecule has 2 N–H and O–H groups in total. The molecule has 0 aliphatic rings. The van der Waals surface area contributed by atoms with Gasteiger partial charge < -0.3 is 5.73 Å². The lowest BCUT2D eigenvalue weighted by molar-refractivity contribution is 0.977. The molecule has 0 aliphatic heterocycles. The molecule has 0 aliphatic carbocycles. The Morgan fingerprint density at radius 1 is 1.11 bits per heavy atom. The molecule has 3 rings (SSSR count). The van der Waals surface area contributed by atoms with Crippen LogP contribution < -0.4 is 5.73 Å². The maximum absolute atomic E-state index is 5.79. The summed E-state index contributed by atoms with van der Waals surface area (Å²) >= 11 is 3.67. The zero-order chi connectivity index (χ0) is 12.5. The summed E-state index contributed by atoms with van der Waals surface area (Å²) in [4.78, 5) is 0. The Morgan fingerprint density at radius 2 is 1.78 bits per heavy atom. The first-order valence-electron chi connectivity index (χ1n) is 6.08. The van der Waals surface area contributed by atoms with Gasteiger partial charge >= 0.3 is 0 Å². The molecule has 0 fully saturated rings. The van der Waals surface area contributed by atoms with Crippen molar-refractivity contribution in [1.29, 1.82) is 0 Å². The lowest BCUT2D eigenvalue weighted by atomic mass is 9.97. The van der Waals surface area contributed by atoms with Crippen molar-refractivity contribution in [3.8, 4) is 0 Å². The largest absolute Gasteiger partial charge is 0.330 e. The highest BCUT2D eigenvalue weighted by molar-refractivity contribution is 7.25. The van der Waals surface area contributed by atoms with Crippen LogP contribution in [0.4, 0.5) is 0 Å². The van der Waals surface area contributed by atoms with E-state index >= 15 is 0 Å². The Morgan fingerprint density at radius 3 is 2.44 bits per heavy atom. The van der Waals surface area contributed by atoms with Crippen LogP contribution in [0.3, 0.4) is 0 Å². The third-order valence-corrected chi connectivity index (χ3v) is 5.20. The second-order valence-corrected chi connectivity index (χ2v) is 6.09. The number of rotatable bonds is 3. The van der Waals surface area contributed by atoms with Gasteiger partial charge in [0.05, 0.1) is 9.40 Å². The fraction of sp³-hybridized carbons (Fsp3) is 0.200. The van der Waals surface area contributed by atoms with Crippen LogP contribution in [0.25, 0.3) is 26.2 Å². The second kappa shape index (κ2) is 4.84. The number of hydrogen-bond donors (Lipinski definition) is 1. The summed E-state index contributed by atoms with van der Waals surface area (Å²) in [6.07, 6.45) is 5.28. The standard InChI is InChI=1S/C15H15NS2/c1-2-3-10-11(4-7-16)13-6-9-18-15(13)14-12(10)5-8-17-14/h2-3,5-6,8-9H,4,7,16H2,1H3/b3-2+. The van der Waals surface area contributed by atoms with Gasteiger partial charge in [0.1, 0.15) is 0 Å². The molecule has 18 heavy (non-hydrogen) atoms. The van der Waals surface area contributed by atoms with Gasteiger partial charge in [0.15, 0.2) is 0 Å². The first-order valence-corrected chi connectivity index (χ1v) is 7.84. The van der Waals surface area contributed by atoms with Gasteiger partial charge in [0.25, 0.3) is 0 Å². The number of nitrogens with two attached hydrogens (primary N) is 1. The van der Waals surface area contributed by atoms with E-state index in [4.69, 9.17) is 5.73 Å². The van der Waals surface area contributed by atoms with Gasteiger partial charge in [-0.05, 0) is 59.3 Å². The third-order valence-electron chi connectivity index (χ3n) is 3.20. The van der Waals surface area contributed by atoms with E-state index in [0.717, 1.165) is 6.42 Å². The van der Waals surface area contributed by atoms with E-state index in [2.05, 4.69) is 42.0 Å². The smallest absolute Gasteiger partial charge is 0.0527 e. The second-order valence-electron chi connectivity index (χ2n) is 4.26. The number of thiophene rings is 2. The first kappa shape index (κ1) is 11.9. The molecule has 3 heteroatoms. The Hall–Kier alpha value is -1.16. The zero-order valence-corrected chi connectivity index (χ0v) is 11.9. The Kier molecular flexibility index (Phi) is 3.20. The van der Waals surface area contributed by atoms with Crippen molar-refractivity contribution in [2.45, 2.75) is 13.3 Å². The van der Waals surface area contributed by atoms with Crippen molar-refractivity contribution in [2.24, 2.45) is 5.73 Å². The summed E-state index contributed by atoms with van der Waals surface area (Å²) in [5.74, 6) is 0. The topological polar surface area (TPSA) is 26.0 Å². The number of benzene rings is 1. The van der Waals surface area contributed by atoms with Gasteiger partial charge in [0, 0.05) is 5.39 Å². The highest BCUT2D eigenvalue weighted by Crippen LogP contribution is 2.39. The van der Waals surface area contributed by atoms with Crippen molar-refractivity contribution in [2.75, 3.05) is 6.54 Å². The van der Waals surface area contributed by atoms with E-state index in [1.165, 1.54) is 31.3 Å². The van der Waals surface area contributed by atoms with E-state index in [1.54, 1.807) is 0 Å². The molecule has 0 atom stereocenters. The van der Waals surface area contributed by atoms with Gasteiger partial charge in [-0.3, -0.25) is 0 Å². The minimum Gasteiger partial charge on any atom is -0.330 e. The molecular formula is C15H15NS2. The van der Waals surface area contributed by atoms with Gasteiger partial charge in [0.2, 0.25) is 0 Å². The normalized spacial score (nSPS) is 12.1. The maximum Gasteiger partial charge on any atom is 0.0527 e. The van der Waals surface area contributed by atoms with Crippen LogP contribution >= 0.6 is 22.7 Å². The van der Waals surface area contributed by atoms with Gasteiger partial charge in [-0.15, -0.1) is 22.7 Å². The summed E-state index contributed by atoms with van der Waals surface area (Å²) in [6.45, 7) is 2.77. The molecule has 0 unspecified atom stereocenters. The summed E-state index contributed by atoms with van der Waals surface area (Å²) in [7, 11) is 0. The Labute approximate surface area is 115 Å². The fourth-order valence-electron chi connectivity index (χ4n) is 2.50. The van der Waals surface area contributed by atoms with Crippen LogP contribution in [-0.4, -0.2) is 6.54 Å². The highest BCUT2D eigenvalue weighted by Gasteiger charge is 2.13. The van der Waals surface area contributed by atoms with Gasteiger partial charge in [-0.1, -0.05) is 12.2 Å². The fourth-order valence-corrected chi connectivity index (χ4v) is 4.52. The monoisotopic (exact) mass is 273 g/mol. The molecule has 1 aromatic carbocycles. The molecule has 0 saturated carbocycles. The van der Waals surface area contributed by atoms with E-state index in [-0.39, 0.29) is 0 Å². The average molecular weight is 273 g/mol. The molecule has 2 aromatic heterocycles. The molecule has 0 spiro atoms. The van der Waals surface area contributed by atoms with Crippen LogP contribution in [0.15, 0.2) is 29.0 Å². The summed E-state index contributed by atoms with van der Waals surface area (Å²) in [5, 5.41) is 7.12. The van der Waals surface area contributed by atoms with E-state index < -0.39 is 0 Å². The van der Waals surface area contributed by atoms with E-state index in [0.29, 0.717) is 6.54 Å². The molecule has 3 aromatic rings. The third kappa shape index (κ3) is 1.70. The van der Waals surface area contributed by atoms with Crippen molar-refractivity contribution < 1.29 is 0 Å². The number of hydrogen-bond acceptors (Lipinski definition) is 3. The summed E-state index contributed by atoms with van der Waals surface area (Å²) in [6, 6.07) is 4.46. The predicted octanol–water partition coefficient (Wildman–Crippen LogP) is 4.65. The molecule has 1 nitrogen and oxygen atoms in total. The molecule has 2 heterocycles. The number of allylic oxidation sites excluding steroid dienone is 1. The SMILES string of the molecule is C/C=C/c1c(CCN)c2ccsc2c2sccc12. The molecular weight excluding hydrogens is 258 g/mol. The molecule has 0 radical (unpaired) electrons. The zero-order valence-electron chi connectivity index (χ0n) is 10.3. The summed E-state index contributed by atoms with van der Waals surface area (Å²) < 4.78 is 2.82. The minimum atomic E-state index is 0.700. The summed E-state index contributed by atoms with van der Waals surface area (Å²) in [5.41, 5.74) is 8.54. The lowest BCUT2D eigenvalue weighted by Gasteiger charge is -2.09. The van der Waals surface area contributed by atoms with Crippen molar-refractivity contribution >= 4 is 48.9 Å². The molecule has 0 bridgehead atoms. The lowest BCUT2D eigenvalue weighted by Crippen LogP contribution is -2.04. The predicted molar refractivity (Wildman–Crippen MR) is 84.7 cm³/mol. The quantitative estimate of drug-likeness (QED) is 0.738. The van der Waals surface area contributed by atoms with Crippen LogP contribution in [0, 0.1) is 0 Å². The van der Waals surface area contributed by atoms with Gasteiger partial charge in [-0.25, -0.2) is 0 Å². The van der Waals surface area contributed by atoms with Crippen molar-refractivity contribution in [1.82, 2.24) is 0 Å². The number of fused-ring (bicyclic) bond motifs is 3. The van der Waals surface area contributed by atoms with Crippen LogP contribution in [0.1, 0.15) is 18.1 Å². The van der Waals surface area contributed by atoms with E-state index in [9.17, 15) is 0 Å².